The molecule has 0 spiro atoms. The SMILES string of the molecule is CN(C)CCNC(=O)[C@H]1C[C@@H](C(=O)Nc2ccc3c(c2)CCC3)CN(Cc2ccccc2)C1. The van der Waals surface area contributed by atoms with Crippen LogP contribution >= 0.6 is 0 Å². The van der Waals surface area contributed by atoms with Crippen molar-refractivity contribution < 1.29 is 9.59 Å². The van der Waals surface area contributed by atoms with Crippen LogP contribution in [0.2, 0.25) is 0 Å². The predicted octanol–water partition coefficient (Wildman–Crippen LogP) is 2.93. The monoisotopic (exact) mass is 448 g/mol. The second kappa shape index (κ2) is 10.9. The summed E-state index contributed by atoms with van der Waals surface area (Å²) in [5.74, 6) is -0.359. The lowest BCUT2D eigenvalue weighted by Crippen LogP contribution is -2.49. The summed E-state index contributed by atoms with van der Waals surface area (Å²) in [6, 6.07) is 16.5. The lowest BCUT2D eigenvalue weighted by atomic mass is 9.87. The van der Waals surface area contributed by atoms with Gasteiger partial charge in [-0.2, -0.15) is 0 Å². The van der Waals surface area contributed by atoms with Crippen molar-refractivity contribution in [3.05, 3.63) is 65.2 Å². The molecule has 2 aromatic rings. The fourth-order valence-electron chi connectivity index (χ4n) is 4.98. The van der Waals surface area contributed by atoms with Crippen molar-refractivity contribution in [2.75, 3.05) is 45.6 Å². The summed E-state index contributed by atoms with van der Waals surface area (Å²) in [6.07, 6.45) is 3.98. The van der Waals surface area contributed by atoms with Gasteiger partial charge >= 0.3 is 0 Å². The van der Waals surface area contributed by atoms with Crippen molar-refractivity contribution in [3.63, 3.8) is 0 Å². The third-order valence-corrected chi connectivity index (χ3v) is 6.74. The summed E-state index contributed by atoms with van der Waals surface area (Å²) in [4.78, 5) is 30.5. The Balaban J connectivity index is 1.43. The number of nitrogens with zero attached hydrogens (tertiary/aromatic N) is 2. The molecule has 0 radical (unpaired) electrons. The molecule has 2 aliphatic rings. The molecule has 2 amide bonds. The van der Waals surface area contributed by atoms with Crippen LogP contribution in [0.3, 0.4) is 0 Å². The van der Waals surface area contributed by atoms with E-state index in [1.807, 2.05) is 38.4 Å². The summed E-state index contributed by atoms with van der Waals surface area (Å²) in [5.41, 5.74) is 4.81. The number of anilines is 1. The molecule has 0 unspecified atom stereocenters. The normalized spacial score (nSPS) is 20.5. The highest BCUT2D eigenvalue weighted by atomic mass is 16.2. The molecule has 33 heavy (non-hydrogen) atoms. The quantitative estimate of drug-likeness (QED) is 0.652. The predicted molar refractivity (Wildman–Crippen MR) is 132 cm³/mol. The summed E-state index contributed by atoms with van der Waals surface area (Å²) in [6.45, 7) is 3.49. The summed E-state index contributed by atoms with van der Waals surface area (Å²) in [5, 5.41) is 6.21. The number of piperidine rings is 1. The highest BCUT2D eigenvalue weighted by Crippen LogP contribution is 2.28. The fraction of sp³-hybridized carbons (Fsp3) is 0.481. The zero-order chi connectivity index (χ0) is 23.2. The lowest BCUT2D eigenvalue weighted by molar-refractivity contribution is -0.130. The second-order valence-electron chi connectivity index (χ2n) is 9.73. The van der Waals surface area contributed by atoms with Gasteiger partial charge in [-0.3, -0.25) is 14.5 Å². The Morgan fingerprint density at radius 1 is 0.970 bits per heavy atom. The Hall–Kier alpha value is -2.70. The van der Waals surface area contributed by atoms with Crippen LogP contribution in [0.5, 0.6) is 0 Å². The van der Waals surface area contributed by atoms with Crippen LogP contribution in [0.25, 0.3) is 0 Å². The average Bonchev–Trinajstić information content (AvgIpc) is 3.27. The van der Waals surface area contributed by atoms with Crippen LogP contribution in [-0.4, -0.2) is 61.9 Å². The minimum Gasteiger partial charge on any atom is -0.355 e. The number of fused-ring (bicyclic) bond motifs is 1. The molecule has 0 bridgehead atoms. The van der Waals surface area contributed by atoms with E-state index in [-0.39, 0.29) is 23.7 Å². The van der Waals surface area contributed by atoms with Crippen molar-refractivity contribution in [1.29, 1.82) is 0 Å². The number of hydrogen-bond donors (Lipinski definition) is 2. The van der Waals surface area contributed by atoms with Gasteiger partial charge in [-0.1, -0.05) is 36.4 Å². The van der Waals surface area contributed by atoms with Gasteiger partial charge in [0, 0.05) is 38.4 Å². The van der Waals surface area contributed by atoms with Crippen molar-refractivity contribution in [2.45, 2.75) is 32.2 Å². The summed E-state index contributed by atoms with van der Waals surface area (Å²) < 4.78 is 0. The number of hydrogen-bond acceptors (Lipinski definition) is 4. The third-order valence-electron chi connectivity index (χ3n) is 6.74. The van der Waals surface area contributed by atoms with Gasteiger partial charge < -0.3 is 15.5 Å². The summed E-state index contributed by atoms with van der Waals surface area (Å²) in [7, 11) is 3.99. The molecule has 2 atom stereocenters. The first-order valence-corrected chi connectivity index (χ1v) is 12.1. The van der Waals surface area contributed by atoms with Crippen LogP contribution in [0.1, 0.15) is 29.5 Å². The van der Waals surface area contributed by atoms with Crippen molar-refractivity contribution in [3.8, 4) is 0 Å². The third kappa shape index (κ3) is 6.42. The number of rotatable bonds is 8. The van der Waals surface area contributed by atoms with Crippen molar-refractivity contribution in [1.82, 2.24) is 15.1 Å². The molecule has 2 N–H and O–H groups in total. The molecule has 2 aromatic carbocycles. The van der Waals surface area contributed by atoms with Crippen LogP contribution in [-0.2, 0) is 29.0 Å². The van der Waals surface area contributed by atoms with Crippen LogP contribution in [0.15, 0.2) is 48.5 Å². The zero-order valence-electron chi connectivity index (χ0n) is 19.8. The minimum atomic E-state index is -0.222. The van der Waals surface area contributed by atoms with Gasteiger partial charge in [0.25, 0.3) is 0 Å². The van der Waals surface area contributed by atoms with Crippen LogP contribution < -0.4 is 10.6 Å². The van der Waals surface area contributed by atoms with Gasteiger partial charge in [0.1, 0.15) is 0 Å². The standard InChI is InChI=1S/C27H36N4O2/c1-30(2)14-13-28-26(32)23-15-24(19-31(18-23)17-20-7-4-3-5-8-20)27(33)29-25-12-11-21-9-6-10-22(21)16-25/h3-5,7-8,11-12,16,23-24H,6,9-10,13-15,17-19H2,1-2H3,(H,28,32)(H,29,33)/t23-,24+/m0/s1. The van der Waals surface area contributed by atoms with E-state index in [1.54, 1.807) is 0 Å². The number of carbonyl (C=O) groups excluding carboxylic acids is 2. The van der Waals surface area contributed by atoms with Crippen molar-refractivity contribution in [2.24, 2.45) is 11.8 Å². The highest BCUT2D eigenvalue weighted by Gasteiger charge is 2.35. The fourth-order valence-corrected chi connectivity index (χ4v) is 4.98. The molecule has 176 valence electrons. The number of nitrogens with one attached hydrogen (secondary N) is 2. The molecule has 1 fully saturated rings. The summed E-state index contributed by atoms with van der Waals surface area (Å²) >= 11 is 0. The Kier molecular flexibility index (Phi) is 7.78. The van der Waals surface area contributed by atoms with Gasteiger partial charge in [0.15, 0.2) is 0 Å². The van der Waals surface area contributed by atoms with Gasteiger partial charge in [-0.25, -0.2) is 0 Å². The molecular weight excluding hydrogens is 412 g/mol. The number of likely N-dealkylation sites (tertiary alicyclic amines) is 1. The van der Waals surface area contributed by atoms with E-state index in [4.69, 9.17) is 0 Å². The molecule has 1 saturated heterocycles. The van der Waals surface area contributed by atoms with Crippen LogP contribution in [0.4, 0.5) is 5.69 Å². The molecule has 4 rings (SSSR count). The number of amides is 2. The molecule has 6 heteroatoms. The highest BCUT2D eigenvalue weighted by molar-refractivity contribution is 5.93. The molecule has 1 heterocycles. The van der Waals surface area contributed by atoms with Gasteiger partial charge in [0.2, 0.25) is 11.8 Å². The molecule has 1 aliphatic heterocycles. The van der Waals surface area contributed by atoms with Crippen molar-refractivity contribution >= 4 is 17.5 Å². The van der Waals surface area contributed by atoms with Crippen LogP contribution in [0, 0.1) is 11.8 Å². The number of likely N-dealkylation sites (N-methyl/N-ethyl adjacent to an activating group) is 1. The average molecular weight is 449 g/mol. The first kappa shape index (κ1) is 23.5. The van der Waals surface area contributed by atoms with Gasteiger partial charge in [0.05, 0.1) is 11.8 Å². The van der Waals surface area contributed by atoms with E-state index in [9.17, 15) is 9.59 Å². The number of carbonyl (C=O) groups is 2. The first-order valence-electron chi connectivity index (χ1n) is 12.1. The lowest BCUT2D eigenvalue weighted by Gasteiger charge is -2.36. The largest absolute Gasteiger partial charge is 0.355 e. The number of aryl methyl sites for hydroxylation is 2. The van der Waals surface area contributed by atoms with E-state index in [0.717, 1.165) is 31.6 Å². The Labute approximate surface area is 197 Å². The first-order chi connectivity index (χ1) is 16.0. The maximum absolute atomic E-state index is 13.3. The molecule has 6 nitrogen and oxygen atoms in total. The van der Waals surface area contributed by atoms with E-state index in [1.165, 1.54) is 23.1 Å². The van der Waals surface area contributed by atoms with Gasteiger partial charge in [-0.15, -0.1) is 0 Å². The van der Waals surface area contributed by atoms with E-state index in [0.29, 0.717) is 26.1 Å². The molecular formula is C27H36N4O2. The Morgan fingerprint density at radius 3 is 2.45 bits per heavy atom. The maximum Gasteiger partial charge on any atom is 0.228 e. The van der Waals surface area contributed by atoms with E-state index >= 15 is 0 Å². The van der Waals surface area contributed by atoms with E-state index < -0.39 is 0 Å². The van der Waals surface area contributed by atoms with E-state index in [2.05, 4.69) is 44.7 Å². The molecule has 0 aromatic heterocycles. The molecule has 0 saturated carbocycles. The Morgan fingerprint density at radius 2 is 1.70 bits per heavy atom. The molecule has 1 aliphatic carbocycles. The second-order valence-corrected chi connectivity index (χ2v) is 9.73. The Bertz CT molecular complexity index is 960. The van der Waals surface area contributed by atoms with Gasteiger partial charge in [-0.05, 0) is 68.6 Å². The smallest absolute Gasteiger partial charge is 0.228 e. The minimum absolute atomic E-state index is 0.0109. The maximum atomic E-state index is 13.3. The zero-order valence-corrected chi connectivity index (χ0v) is 19.8. The number of benzene rings is 2. The topological polar surface area (TPSA) is 64.7 Å².